The van der Waals surface area contributed by atoms with Crippen LogP contribution in [0.3, 0.4) is 0 Å². The Bertz CT molecular complexity index is 1070. The summed E-state index contributed by atoms with van der Waals surface area (Å²) in [5.74, 6) is 1.02. The molecule has 0 aliphatic carbocycles. The maximum atomic E-state index is 13.1. The van der Waals surface area contributed by atoms with Crippen molar-refractivity contribution in [3.05, 3.63) is 58.3 Å². The second kappa shape index (κ2) is 8.82. The van der Waals surface area contributed by atoms with Crippen molar-refractivity contribution in [2.45, 2.75) is 20.8 Å². The van der Waals surface area contributed by atoms with Crippen LogP contribution in [0.25, 0.3) is 22.3 Å². The molecule has 0 aliphatic heterocycles. The average Bonchev–Trinajstić information content (AvgIpc) is 2.71. The summed E-state index contributed by atoms with van der Waals surface area (Å²) < 4.78 is 16.9. The van der Waals surface area contributed by atoms with Gasteiger partial charge in [0, 0.05) is 12.1 Å². The average molecular weight is 395 g/mol. The zero-order chi connectivity index (χ0) is 21.0. The highest BCUT2D eigenvalue weighted by Gasteiger charge is 2.19. The van der Waals surface area contributed by atoms with E-state index in [1.54, 1.807) is 37.4 Å². The van der Waals surface area contributed by atoms with E-state index in [0.29, 0.717) is 34.7 Å². The molecule has 1 amide bonds. The van der Waals surface area contributed by atoms with Crippen LogP contribution < -0.4 is 20.2 Å². The summed E-state index contributed by atoms with van der Waals surface area (Å²) in [7, 11) is 1.58. The van der Waals surface area contributed by atoms with Crippen LogP contribution in [0.5, 0.6) is 11.5 Å². The molecule has 29 heavy (non-hydrogen) atoms. The molecule has 0 fully saturated rings. The van der Waals surface area contributed by atoms with Crippen LogP contribution in [0.2, 0.25) is 0 Å². The minimum atomic E-state index is -0.311. The summed E-state index contributed by atoms with van der Waals surface area (Å²) in [4.78, 5) is 25.2. The maximum Gasteiger partial charge on any atom is 0.257 e. The van der Waals surface area contributed by atoms with Crippen LogP contribution in [0.1, 0.15) is 19.4 Å². The lowest BCUT2D eigenvalue weighted by atomic mass is 10.1. The van der Waals surface area contributed by atoms with Gasteiger partial charge in [-0.25, -0.2) is 0 Å². The molecular weight excluding hydrogens is 370 g/mol. The summed E-state index contributed by atoms with van der Waals surface area (Å²) in [5, 5.41) is 3.19. The van der Waals surface area contributed by atoms with E-state index in [-0.39, 0.29) is 29.5 Å². The lowest BCUT2D eigenvalue weighted by Crippen LogP contribution is -2.32. The Morgan fingerprint density at radius 3 is 2.52 bits per heavy atom. The number of rotatable bonds is 7. The number of ether oxygens (including phenoxy) is 2. The number of carbonyl (C=O) groups is 1. The highest BCUT2D eigenvalue weighted by molar-refractivity contribution is 5.83. The number of carbonyl (C=O) groups excluding carboxylic acids is 1. The SMILES string of the molecule is COc1ccc(-c2oc3cc(C)ccc3c(=O)c2OCC(=O)NCC(C)C)cc1. The number of benzene rings is 2. The Morgan fingerprint density at radius 1 is 1.14 bits per heavy atom. The Hall–Kier alpha value is -3.28. The van der Waals surface area contributed by atoms with Crippen LogP contribution in [0, 0.1) is 12.8 Å². The van der Waals surface area contributed by atoms with Crippen molar-refractivity contribution in [1.29, 1.82) is 0 Å². The van der Waals surface area contributed by atoms with Gasteiger partial charge in [-0.1, -0.05) is 19.9 Å². The molecule has 3 aromatic rings. The van der Waals surface area contributed by atoms with Gasteiger partial charge in [0.2, 0.25) is 11.2 Å². The largest absolute Gasteiger partial charge is 0.497 e. The first-order valence-corrected chi connectivity index (χ1v) is 9.50. The predicted molar refractivity (Wildman–Crippen MR) is 113 cm³/mol. The third-order valence-electron chi connectivity index (χ3n) is 4.41. The number of hydrogen-bond donors (Lipinski definition) is 1. The van der Waals surface area contributed by atoms with E-state index in [1.807, 2.05) is 32.9 Å². The number of methoxy groups -OCH3 is 1. The maximum absolute atomic E-state index is 13.1. The molecule has 0 atom stereocenters. The van der Waals surface area contributed by atoms with Gasteiger partial charge in [0.25, 0.3) is 5.91 Å². The fourth-order valence-corrected chi connectivity index (χ4v) is 2.85. The van der Waals surface area contributed by atoms with E-state index in [4.69, 9.17) is 13.9 Å². The van der Waals surface area contributed by atoms with Gasteiger partial charge in [0.15, 0.2) is 12.4 Å². The van der Waals surface area contributed by atoms with E-state index in [9.17, 15) is 9.59 Å². The van der Waals surface area contributed by atoms with Gasteiger partial charge in [-0.3, -0.25) is 9.59 Å². The molecule has 0 saturated heterocycles. The van der Waals surface area contributed by atoms with E-state index >= 15 is 0 Å². The number of amides is 1. The van der Waals surface area contributed by atoms with E-state index in [1.165, 1.54) is 0 Å². The molecule has 3 rings (SSSR count). The lowest BCUT2D eigenvalue weighted by Gasteiger charge is -2.13. The first-order valence-electron chi connectivity index (χ1n) is 9.50. The summed E-state index contributed by atoms with van der Waals surface area (Å²) in [5.41, 5.74) is 1.79. The van der Waals surface area contributed by atoms with Crippen molar-refractivity contribution < 1.29 is 18.7 Å². The van der Waals surface area contributed by atoms with Gasteiger partial charge < -0.3 is 19.2 Å². The standard InChI is InChI=1S/C23H25NO5/c1-14(2)12-24-20(25)13-28-23-21(26)18-10-5-15(3)11-19(18)29-22(23)16-6-8-17(27-4)9-7-16/h5-11,14H,12-13H2,1-4H3,(H,24,25). The van der Waals surface area contributed by atoms with Crippen molar-refractivity contribution in [2.24, 2.45) is 5.92 Å². The molecule has 0 bridgehead atoms. The van der Waals surface area contributed by atoms with Crippen molar-refractivity contribution in [3.8, 4) is 22.8 Å². The molecule has 0 saturated carbocycles. The monoisotopic (exact) mass is 395 g/mol. The number of aryl methyl sites for hydroxylation is 1. The Kier molecular flexibility index (Phi) is 6.22. The molecule has 2 aromatic carbocycles. The van der Waals surface area contributed by atoms with E-state index in [0.717, 1.165) is 5.56 Å². The van der Waals surface area contributed by atoms with Gasteiger partial charge in [-0.05, 0) is 54.8 Å². The van der Waals surface area contributed by atoms with Crippen LogP contribution in [0.4, 0.5) is 0 Å². The van der Waals surface area contributed by atoms with Crippen LogP contribution in [-0.2, 0) is 4.79 Å². The molecule has 0 aliphatic rings. The fraction of sp³-hybridized carbons (Fsp3) is 0.304. The van der Waals surface area contributed by atoms with Crippen LogP contribution in [0.15, 0.2) is 51.7 Å². The zero-order valence-corrected chi connectivity index (χ0v) is 17.1. The molecule has 1 heterocycles. The highest BCUT2D eigenvalue weighted by Crippen LogP contribution is 2.32. The number of nitrogens with one attached hydrogen (secondary N) is 1. The third-order valence-corrected chi connectivity index (χ3v) is 4.41. The van der Waals surface area contributed by atoms with Gasteiger partial charge in [0.1, 0.15) is 11.3 Å². The van der Waals surface area contributed by atoms with Crippen LogP contribution in [-0.4, -0.2) is 26.2 Å². The molecule has 0 spiro atoms. The van der Waals surface area contributed by atoms with Crippen molar-refractivity contribution >= 4 is 16.9 Å². The first kappa shape index (κ1) is 20.5. The quantitative estimate of drug-likeness (QED) is 0.656. The molecule has 0 radical (unpaired) electrons. The lowest BCUT2D eigenvalue weighted by molar-refractivity contribution is -0.123. The molecular formula is C23H25NO5. The molecule has 6 heteroatoms. The summed E-state index contributed by atoms with van der Waals surface area (Å²) in [6, 6.07) is 12.5. The molecule has 152 valence electrons. The summed E-state index contributed by atoms with van der Waals surface area (Å²) in [6.45, 7) is 6.21. The van der Waals surface area contributed by atoms with Gasteiger partial charge in [0.05, 0.1) is 12.5 Å². The molecule has 6 nitrogen and oxygen atoms in total. The Balaban J connectivity index is 2.02. The zero-order valence-electron chi connectivity index (χ0n) is 17.1. The van der Waals surface area contributed by atoms with Gasteiger partial charge >= 0.3 is 0 Å². The molecule has 1 N–H and O–H groups in total. The minimum Gasteiger partial charge on any atom is -0.497 e. The predicted octanol–water partition coefficient (Wildman–Crippen LogP) is 3.93. The van der Waals surface area contributed by atoms with Crippen molar-refractivity contribution in [1.82, 2.24) is 5.32 Å². The highest BCUT2D eigenvalue weighted by atomic mass is 16.5. The number of fused-ring (bicyclic) bond motifs is 1. The number of hydrogen-bond acceptors (Lipinski definition) is 5. The van der Waals surface area contributed by atoms with Crippen molar-refractivity contribution in [3.63, 3.8) is 0 Å². The minimum absolute atomic E-state index is 0.0196. The smallest absolute Gasteiger partial charge is 0.257 e. The third kappa shape index (κ3) is 4.77. The Morgan fingerprint density at radius 2 is 1.86 bits per heavy atom. The molecule has 0 unspecified atom stereocenters. The topological polar surface area (TPSA) is 77.8 Å². The normalized spacial score (nSPS) is 10.9. The molecule has 1 aromatic heterocycles. The first-order chi connectivity index (χ1) is 13.9. The van der Waals surface area contributed by atoms with Gasteiger partial charge in [-0.2, -0.15) is 0 Å². The summed E-state index contributed by atoms with van der Waals surface area (Å²) in [6.07, 6.45) is 0. The fourth-order valence-electron chi connectivity index (χ4n) is 2.85. The van der Waals surface area contributed by atoms with E-state index in [2.05, 4.69) is 5.32 Å². The van der Waals surface area contributed by atoms with E-state index < -0.39 is 0 Å². The second-order valence-electron chi connectivity index (χ2n) is 7.30. The van der Waals surface area contributed by atoms with Crippen LogP contribution >= 0.6 is 0 Å². The summed E-state index contributed by atoms with van der Waals surface area (Å²) >= 11 is 0. The second-order valence-corrected chi connectivity index (χ2v) is 7.30. The Labute approximate surface area is 169 Å². The van der Waals surface area contributed by atoms with Gasteiger partial charge in [-0.15, -0.1) is 0 Å². The van der Waals surface area contributed by atoms with Crippen molar-refractivity contribution in [2.75, 3.05) is 20.3 Å².